The van der Waals surface area contributed by atoms with Gasteiger partial charge in [0.2, 0.25) is 0 Å². The van der Waals surface area contributed by atoms with E-state index in [9.17, 15) is 0 Å². The lowest BCUT2D eigenvalue weighted by atomic mass is 10.3. The molecule has 1 heterocycles. The Morgan fingerprint density at radius 2 is 2.12 bits per heavy atom. The fourth-order valence-electron chi connectivity index (χ4n) is 2.38. The molecule has 1 unspecified atom stereocenters. The lowest BCUT2D eigenvalue weighted by molar-refractivity contribution is 0.229. The first-order valence-electron chi connectivity index (χ1n) is 8.92. The number of rotatable bonds is 9. The number of aliphatic imine (C=N–C) groups is 1. The van der Waals surface area contributed by atoms with Crippen LogP contribution in [0, 0.1) is 6.92 Å². The lowest BCUT2D eigenvalue weighted by Crippen LogP contribution is -2.39. The first-order valence-corrected chi connectivity index (χ1v) is 8.92. The molecule has 142 valence electrons. The van der Waals surface area contributed by atoms with Gasteiger partial charge in [-0.05, 0) is 38.5 Å². The molecule has 0 saturated heterocycles. The van der Waals surface area contributed by atoms with Gasteiger partial charge in [-0.2, -0.15) is 5.10 Å². The number of methoxy groups -OCH3 is 1. The highest BCUT2D eigenvalue weighted by atomic mass is 16.5. The van der Waals surface area contributed by atoms with Crippen molar-refractivity contribution >= 4 is 5.96 Å². The van der Waals surface area contributed by atoms with Gasteiger partial charge in [0, 0.05) is 25.4 Å². The van der Waals surface area contributed by atoms with Crippen LogP contribution < -0.4 is 20.1 Å². The number of hydrogen-bond acceptors (Lipinski definition) is 4. The zero-order valence-corrected chi connectivity index (χ0v) is 16.0. The Kier molecular flexibility index (Phi) is 7.79. The molecule has 1 aromatic heterocycles. The topological polar surface area (TPSA) is 72.7 Å². The number of ether oxygens (including phenoxy) is 2. The van der Waals surface area contributed by atoms with Gasteiger partial charge in [-0.25, -0.2) is 4.99 Å². The number of nitrogens with one attached hydrogen (secondary N) is 2. The molecule has 1 aromatic carbocycles. The number of aromatic nitrogens is 2. The van der Waals surface area contributed by atoms with Crippen molar-refractivity contribution in [2.24, 2.45) is 4.99 Å². The van der Waals surface area contributed by atoms with Crippen molar-refractivity contribution in [3.63, 3.8) is 0 Å². The van der Waals surface area contributed by atoms with E-state index in [4.69, 9.17) is 9.47 Å². The summed E-state index contributed by atoms with van der Waals surface area (Å²) in [4.78, 5) is 4.60. The minimum absolute atomic E-state index is 0.0497. The van der Waals surface area contributed by atoms with E-state index in [0.717, 1.165) is 42.7 Å². The van der Waals surface area contributed by atoms with E-state index in [2.05, 4.69) is 20.7 Å². The van der Waals surface area contributed by atoms with Gasteiger partial charge in [0.05, 0.1) is 26.4 Å². The molecular formula is C19H29N5O2. The van der Waals surface area contributed by atoms with Gasteiger partial charge in [-0.15, -0.1) is 0 Å². The summed E-state index contributed by atoms with van der Waals surface area (Å²) in [5.74, 6) is 2.33. The summed E-state index contributed by atoms with van der Waals surface area (Å²) in [6.45, 7) is 8.97. The van der Waals surface area contributed by atoms with Crippen molar-refractivity contribution in [3.8, 4) is 11.5 Å². The van der Waals surface area contributed by atoms with Crippen molar-refractivity contribution in [2.75, 3.05) is 26.7 Å². The Morgan fingerprint density at radius 3 is 2.81 bits per heavy atom. The Bertz CT molecular complexity index is 699. The van der Waals surface area contributed by atoms with E-state index in [1.54, 1.807) is 7.11 Å². The van der Waals surface area contributed by atoms with Crippen LogP contribution in [0.2, 0.25) is 0 Å². The molecule has 7 nitrogen and oxygen atoms in total. The number of benzene rings is 1. The monoisotopic (exact) mass is 359 g/mol. The predicted molar refractivity (Wildman–Crippen MR) is 104 cm³/mol. The summed E-state index contributed by atoms with van der Waals surface area (Å²) in [6.07, 6.45) is 3.83. The molecule has 2 aromatic rings. The predicted octanol–water partition coefficient (Wildman–Crippen LogP) is 2.22. The van der Waals surface area contributed by atoms with E-state index < -0.39 is 0 Å². The number of guanidine groups is 1. The van der Waals surface area contributed by atoms with Crippen LogP contribution in [0.4, 0.5) is 0 Å². The normalized spacial score (nSPS) is 12.5. The van der Waals surface area contributed by atoms with Gasteiger partial charge in [0.25, 0.3) is 0 Å². The van der Waals surface area contributed by atoms with Crippen molar-refractivity contribution in [1.29, 1.82) is 0 Å². The molecule has 0 saturated carbocycles. The third kappa shape index (κ3) is 6.66. The molecule has 0 aliphatic heterocycles. The third-order valence-electron chi connectivity index (χ3n) is 3.62. The van der Waals surface area contributed by atoms with Crippen LogP contribution in [0.3, 0.4) is 0 Å². The maximum Gasteiger partial charge on any atom is 0.191 e. The van der Waals surface area contributed by atoms with E-state index >= 15 is 0 Å². The minimum Gasteiger partial charge on any atom is -0.497 e. The first-order chi connectivity index (χ1) is 12.6. The lowest BCUT2D eigenvalue weighted by Gasteiger charge is -2.15. The maximum absolute atomic E-state index is 5.91. The van der Waals surface area contributed by atoms with E-state index in [1.165, 1.54) is 0 Å². The molecule has 0 spiro atoms. The molecule has 1 atom stereocenters. The molecule has 7 heteroatoms. The Labute approximate surface area is 155 Å². The molecule has 0 aliphatic rings. The summed E-state index contributed by atoms with van der Waals surface area (Å²) in [5, 5.41) is 10.8. The molecular weight excluding hydrogens is 330 g/mol. The van der Waals surface area contributed by atoms with Crippen LogP contribution in [0.15, 0.2) is 41.7 Å². The number of nitrogens with zero attached hydrogens (tertiary/aromatic N) is 3. The van der Waals surface area contributed by atoms with E-state index in [0.29, 0.717) is 6.54 Å². The second-order valence-corrected chi connectivity index (χ2v) is 6.03. The van der Waals surface area contributed by atoms with E-state index in [-0.39, 0.29) is 6.10 Å². The third-order valence-corrected chi connectivity index (χ3v) is 3.62. The largest absolute Gasteiger partial charge is 0.497 e. The van der Waals surface area contributed by atoms with Gasteiger partial charge >= 0.3 is 0 Å². The van der Waals surface area contributed by atoms with Crippen molar-refractivity contribution in [1.82, 2.24) is 20.4 Å². The highest BCUT2D eigenvalue weighted by Crippen LogP contribution is 2.19. The van der Waals surface area contributed by atoms with Crippen LogP contribution in [-0.2, 0) is 6.54 Å². The van der Waals surface area contributed by atoms with Crippen LogP contribution in [0.5, 0.6) is 11.5 Å². The average Bonchev–Trinajstić information content (AvgIpc) is 3.05. The SMILES string of the molecule is CCNC(=NCC(C)Oc1cccc(OC)c1)NCCn1cc(C)cn1. The summed E-state index contributed by atoms with van der Waals surface area (Å²) in [7, 11) is 1.64. The maximum atomic E-state index is 5.91. The molecule has 0 fully saturated rings. The molecule has 0 amide bonds. The van der Waals surface area contributed by atoms with Crippen LogP contribution in [-0.4, -0.2) is 48.6 Å². The standard InChI is InChI=1S/C19H29N5O2/c1-5-20-19(21-9-10-24-14-15(2)12-23-24)22-13-16(3)26-18-8-6-7-17(11-18)25-4/h6-8,11-12,14,16H,5,9-10,13H2,1-4H3,(H2,20,21,22). The zero-order valence-electron chi connectivity index (χ0n) is 16.0. The van der Waals surface area contributed by atoms with Crippen molar-refractivity contribution < 1.29 is 9.47 Å². The molecule has 2 N–H and O–H groups in total. The quantitative estimate of drug-likeness (QED) is 0.531. The zero-order chi connectivity index (χ0) is 18.8. The Morgan fingerprint density at radius 1 is 1.31 bits per heavy atom. The van der Waals surface area contributed by atoms with Gasteiger partial charge in [-0.3, -0.25) is 4.68 Å². The molecule has 0 aliphatic carbocycles. The summed E-state index contributed by atoms with van der Waals surface area (Å²) >= 11 is 0. The molecule has 0 radical (unpaired) electrons. The molecule has 0 bridgehead atoms. The first kappa shape index (κ1) is 19.6. The molecule has 26 heavy (non-hydrogen) atoms. The fourth-order valence-corrected chi connectivity index (χ4v) is 2.38. The van der Waals surface area contributed by atoms with Gasteiger partial charge in [-0.1, -0.05) is 6.07 Å². The number of hydrogen-bond donors (Lipinski definition) is 2. The van der Waals surface area contributed by atoms with Gasteiger partial charge in [0.15, 0.2) is 5.96 Å². The van der Waals surface area contributed by atoms with Gasteiger partial charge < -0.3 is 20.1 Å². The second kappa shape index (κ2) is 10.3. The van der Waals surface area contributed by atoms with Crippen LogP contribution >= 0.6 is 0 Å². The van der Waals surface area contributed by atoms with Crippen LogP contribution in [0.1, 0.15) is 19.4 Å². The fraction of sp³-hybridized carbons (Fsp3) is 0.474. The molecule has 2 rings (SSSR count). The Balaban J connectivity index is 1.82. The van der Waals surface area contributed by atoms with E-state index in [1.807, 2.05) is 62.1 Å². The second-order valence-electron chi connectivity index (χ2n) is 6.03. The summed E-state index contributed by atoms with van der Waals surface area (Å²) in [6, 6.07) is 7.59. The van der Waals surface area contributed by atoms with Crippen molar-refractivity contribution in [2.45, 2.75) is 33.4 Å². The summed E-state index contributed by atoms with van der Waals surface area (Å²) in [5.41, 5.74) is 1.16. The van der Waals surface area contributed by atoms with Crippen molar-refractivity contribution in [3.05, 3.63) is 42.2 Å². The highest BCUT2D eigenvalue weighted by Gasteiger charge is 2.06. The smallest absolute Gasteiger partial charge is 0.191 e. The number of aryl methyl sites for hydroxylation is 1. The average molecular weight is 359 g/mol. The minimum atomic E-state index is -0.0497. The van der Waals surface area contributed by atoms with Crippen LogP contribution in [0.25, 0.3) is 0 Å². The summed E-state index contributed by atoms with van der Waals surface area (Å²) < 4.78 is 13.0. The highest BCUT2D eigenvalue weighted by molar-refractivity contribution is 5.79. The Hall–Kier alpha value is -2.70. The van der Waals surface area contributed by atoms with Gasteiger partial charge in [0.1, 0.15) is 17.6 Å².